The van der Waals surface area contributed by atoms with Gasteiger partial charge in [0.25, 0.3) is 0 Å². The van der Waals surface area contributed by atoms with Gasteiger partial charge in [-0.3, -0.25) is 4.79 Å². The zero-order chi connectivity index (χ0) is 18.2. The summed E-state index contributed by atoms with van der Waals surface area (Å²) in [5.41, 5.74) is 1.99. The van der Waals surface area contributed by atoms with E-state index in [1.807, 2.05) is 68.6 Å². The summed E-state index contributed by atoms with van der Waals surface area (Å²) in [4.78, 5) is 11.5. The van der Waals surface area contributed by atoms with E-state index in [0.717, 1.165) is 22.7 Å². The number of carbonyl (C=O) groups excluding carboxylic acids is 1. The molecule has 0 saturated heterocycles. The minimum absolute atomic E-state index is 0.00723. The predicted octanol–water partition coefficient (Wildman–Crippen LogP) is 5.02. The van der Waals surface area contributed by atoms with Crippen LogP contribution in [-0.4, -0.2) is 18.6 Å². The second-order valence-corrected chi connectivity index (χ2v) is 9.09. The first-order valence-electron chi connectivity index (χ1n) is 8.10. The highest BCUT2D eigenvalue weighted by atomic mass is 33.1. The van der Waals surface area contributed by atoms with Crippen LogP contribution in [0.15, 0.2) is 48.5 Å². The number of hydrogen-bond donors (Lipinski definition) is 3. The van der Waals surface area contributed by atoms with Crippen LogP contribution < -0.4 is 9.46 Å². The summed E-state index contributed by atoms with van der Waals surface area (Å²) in [7, 11) is -0.517. The summed E-state index contributed by atoms with van der Waals surface area (Å²) < 4.78 is 14.6. The lowest BCUT2D eigenvalue weighted by Gasteiger charge is -2.14. The Labute approximate surface area is 157 Å². The monoisotopic (exact) mass is 379 g/mol. The molecule has 2 rings (SSSR count). The molecule has 136 valence electrons. The zero-order valence-electron chi connectivity index (χ0n) is 14.7. The number of benzene rings is 2. The van der Waals surface area contributed by atoms with E-state index in [4.69, 9.17) is 9.47 Å². The molecule has 25 heavy (non-hydrogen) atoms. The van der Waals surface area contributed by atoms with E-state index in [0.29, 0.717) is 6.61 Å². The zero-order valence-corrected chi connectivity index (χ0v) is 16.5. The average Bonchev–Trinajstić information content (AvgIpc) is 2.56. The number of nitrogens with one attached hydrogen (secondary N) is 1. The Morgan fingerprint density at radius 1 is 1.16 bits per heavy atom. The maximum absolute atomic E-state index is 11.5. The van der Waals surface area contributed by atoms with E-state index in [9.17, 15) is 4.79 Å². The summed E-state index contributed by atoms with van der Waals surface area (Å²) in [6.07, 6.45) is 2.03. The van der Waals surface area contributed by atoms with E-state index in [-0.39, 0.29) is 18.3 Å². The normalized spacial score (nSPS) is 12.8. The van der Waals surface area contributed by atoms with Gasteiger partial charge in [-0.05, 0) is 36.1 Å². The number of anilines is 1. The van der Waals surface area contributed by atoms with Gasteiger partial charge in [-0.1, -0.05) is 32.0 Å². The van der Waals surface area contributed by atoms with Crippen molar-refractivity contribution in [2.45, 2.75) is 20.5 Å². The molecule has 2 aromatic carbocycles. The highest BCUT2D eigenvalue weighted by Crippen LogP contribution is 2.30. The minimum atomic E-state index is -0.517. The lowest BCUT2D eigenvalue weighted by atomic mass is 10.1. The Bertz CT molecular complexity index is 687. The summed E-state index contributed by atoms with van der Waals surface area (Å²) in [5, 5.41) is 0. The molecular weight excluding hydrogens is 354 g/mol. The quantitative estimate of drug-likeness (QED) is 0.423. The Morgan fingerprint density at radius 3 is 2.52 bits per heavy atom. The van der Waals surface area contributed by atoms with Crippen molar-refractivity contribution in [1.82, 2.24) is 0 Å². The maximum Gasteiger partial charge on any atom is 0.160 e. The fourth-order valence-electron chi connectivity index (χ4n) is 2.04. The van der Waals surface area contributed by atoms with Crippen LogP contribution in [0.1, 0.15) is 19.4 Å². The minimum Gasteiger partial charge on any atom is -0.457 e. The van der Waals surface area contributed by atoms with E-state index < -0.39 is 10.1 Å². The highest BCUT2D eigenvalue weighted by molar-refractivity contribution is 8.78. The Hall–Kier alpha value is -1.63. The number of carbonyl (C=O) groups is 1. The lowest BCUT2D eigenvalue weighted by Crippen LogP contribution is -2.14. The molecule has 0 aromatic heterocycles. The van der Waals surface area contributed by atoms with Crippen molar-refractivity contribution in [3.8, 4) is 11.5 Å². The third-order valence-corrected chi connectivity index (χ3v) is 4.32. The summed E-state index contributed by atoms with van der Waals surface area (Å²) in [6.45, 7) is 4.32. The second-order valence-electron chi connectivity index (χ2n) is 6.02. The molecule has 0 heterocycles. The fourth-order valence-corrected chi connectivity index (χ4v) is 2.90. The first kappa shape index (κ1) is 19.7. The number of ether oxygens (including phenoxy) is 2. The predicted molar refractivity (Wildman–Crippen MR) is 110 cm³/mol. The van der Waals surface area contributed by atoms with Gasteiger partial charge in [0.1, 0.15) is 18.1 Å². The lowest BCUT2D eigenvalue weighted by molar-refractivity contribution is -0.126. The van der Waals surface area contributed by atoms with Crippen molar-refractivity contribution in [3.63, 3.8) is 0 Å². The number of hydrogen-bond acceptors (Lipinski definition) is 5. The molecule has 0 spiro atoms. The smallest absolute Gasteiger partial charge is 0.160 e. The standard InChI is InChI=1S/C19H25NO3S2/c1-14(2)19(21)13-22-12-15-7-9-17(10-8-15)23-18-6-4-5-16(11-18)20-25(3)24/h4-11,14,20,24-25H,12-13H2,1-3H3. The molecule has 2 aromatic rings. The fraction of sp³-hybridized carbons (Fsp3) is 0.316. The largest absolute Gasteiger partial charge is 0.457 e. The van der Waals surface area contributed by atoms with Gasteiger partial charge in [0, 0.05) is 17.7 Å². The van der Waals surface area contributed by atoms with Crippen molar-refractivity contribution in [3.05, 3.63) is 54.1 Å². The first-order valence-corrected chi connectivity index (χ1v) is 11.0. The molecule has 1 atom stereocenters. The summed E-state index contributed by atoms with van der Waals surface area (Å²) >= 11 is 4.39. The van der Waals surface area contributed by atoms with E-state index in [1.165, 1.54) is 0 Å². The second kappa shape index (κ2) is 9.75. The van der Waals surface area contributed by atoms with Gasteiger partial charge < -0.3 is 14.2 Å². The third kappa shape index (κ3) is 7.02. The van der Waals surface area contributed by atoms with E-state index in [1.54, 1.807) is 0 Å². The summed E-state index contributed by atoms with van der Waals surface area (Å²) in [5.74, 6) is 1.64. The molecule has 0 amide bonds. The first-order chi connectivity index (χ1) is 11.9. The Kier molecular flexibility index (Phi) is 7.68. The third-order valence-electron chi connectivity index (χ3n) is 3.44. The van der Waals surface area contributed by atoms with Crippen LogP contribution in [0.2, 0.25) is 0 Å². The van der Waals surface area contributed by atoms with Crippen LogP contribution in [0, 0.1) is 5.92 Å². The Morgan fingerprint density at radius 2 is 1.88 bits per heavy atom. The molecule has 6 heteroatoms. The number of rotatable bonds is 9. The van der Waals surface area contributed by atoms with Crippen molar-refractivity contribution in [2.75, 3.05) is 17.6 Å². The molecule has 4 nitrogen and oxygen atoms in total. The van der Waals surface area contributed by atoms with Gasteiger partial charge in [0.2, 0.25) is 0 Å². The molecular formula is C19H25NO3S2. The molecule has 1 unspecified atom stereocenters. The topological polar surface area (TPSA) is 47.6 Å². The van der Waals surface area contributed by atoms with Gasteiger partial charge in [0.05, 0.1) is 6.61 Å². The molecule has 0 radical (unpaired) electrons. The average molecular weight is 380 g/mol. The molecule has 0 saturated carbocycles. The van der Waals surface area contributed by atoms with Gasteiger partial charge in [0.15, 0.2) is 5.78 Å². The molecule has 0 fully saturated rings. The number of thiol groups is 2. The number of ketones is 1. The molecule has 1 N–H and O–H groups in total. The van der Waals surface area contributed by atoms with Crippen LogP contribution in [0.3, 0.4) is 0 Å². The molecule has 0 bridgehead atoms. The van der Waals surface area contributed by atoms with Crippen LogP contribution >= 0.6 is 21.8 Å². The van der Waals surface area contributed by atoms with Crippen LogP contribution in [0.25, 0.3) is 0 Å². The van der Waals surface area contributed by atoms with E-state index >= 15 is 0 Å². The van der Waals surface area contributed by atoms with Crippen molar-refractivity contribution >= 4 is 33.2 Å². The van der Waals surface area contributed by atoms with Crippen molar-refractivity contribution in [1.29, 1.82) is 0 Å². The van der Waals surface area contributed by atoms with Gasteiger partial charge in [-0.15, -0.1) is 21.8 Å². The molecule has 0 aliphatic heterocycles. The van der Waals surface area contributed by atoms with Crippen LogP contribution in [0.5, 0.6) is 11.5 Å². The Balaban J connectivity index is 1.89. The van der Waals surface area contributed by atoms with Gasteiger partial charge >= 0.3 is 0 Å². The molecule has 0 aliphatic carbocycles. The SMILES string of the molecule is CC(C)C(=O)COCc1ccc(Oc2cccc(N[SH](C)S)c2)cc1. The summed E-state index contributed by atoms with van der Waals surface area (Å²) in [6, 6.07) is 15.5. The van der Waals surface area contributed by atoms with Crippen LogP contribution in [-0.2, 0) is 16.1 Å². The van der Waals surface area contributed by atoms with Crippen molar-refractivity contribution < 1.29 is 14.3 Å². The molecule has 0 aliphatic rings. The number of Topliss-reactive ketones (excluding diaryl/α,β-unsaturated/α-hetero) is 1. The van der Waals surface area contributed by atoms with Gasteiger partial charge in [-0.25, -0.2) is 0 Å². The maximum atomic E-state index is 11.5. The van der Waals surface area contributed by atoms with E-state index in [2.05, 4.69) is 16.4 Å². The van der Waals surface area contributed by atoms with Gasteiger partial charge in [-0.2, -0.15) is 0 Å². The van der Waals surface area contributed by atoms with Crippen molar-refractivity contribution in [2.24, 2.45) is 5.92 Å². The highest BCUT2D eigenvalue weighted by Gasteiger charge is 2.07. The van der Waals surface area contributed by atoms with Crippen LogP contribution in [0.4, 0.5) is 5.69 Å².